The van der Waals surface area contributed by atoms with E-state index in [1.54, 1.807) is 13.8 Å². The Morgan fingerprint density at radius 2 is 1.60 bits per heavy atom. The summed E-state index contributed by atoms with van der Waals surface area (Å²) >= 11 is 0. The van der Waals surface area contributed by atoms with Crippen LogP contribution < -0.4 is 0 Å². The zero-order chi connectivity index (χ0) is 7.72. The van der Waals surface area contributed by atoms with E-state index in [1.807, 2.05) is 0 Å². The van der Waals surface area contributed by atoms with E-state index in [1.165, 1.54) is 0 Å². The summed E-state index contributed by atoms with van der Waals surface area (Å²) in [5, 5.41) is 0. The second-order valence-electron chi connectivity index (χ2n) is 2.42. The molecule has 0 bridgehead atoms. The highest BCUT2D eigenvalue weighted by atomic mass is 16.7. The van der Waals surface area contributed by atoms with Gasteiger partial charge in [0.05, 0.1) is 0 Å². The number of hydrogen-bond donors (Lipinski definition) is 0. The summed E-state index contributed by atoms with van der Waals surface area (Å²) in [5.41, 5.74) is 0. The zero-order valence-corrected chi connectivity index (χ0v) is 5.79. The van der Waals surface area contributed by atoms with Crippen LogP contribution in [-0.2, 0) is 18.9 Å². The number of carbonyl (C=O) groups is 2. The van der Waals surface area contributed by atoms with Crippen molar-refractivity contribution in [3.8, 4) is 0 Å². The molecule has 1 rings (SSSR count). The van der Waals surface area contributed by atoms with Gasteiger partial charge in [0.2, 0.25) is 0 Å². The fourth-order valence-corrected chi connectivity index (χ4v) is 0.603. The summed E-state index contributed by atoms with van der Waals surface area (Å²) < 4.78 is 9.05. The summed E-state index contributed by atoms with van der Waals surface area (Å²) in [6, 6.07) is 0. The van der Waals surface area contributed by atoms with Gasteiger partial charge in [-0.15, -0.1) is 0 Å². The van der Waals surface area contributed by atoms with Gasteiger partial charge in [-0.25, -0.2) is 9.59 Å². The monoisotopic (exact) mass is 142 g/mol. The van der Waals surface area contributed by atoms with Crippen LogP contribution in [0.2, 0.25) is 5.82 Å². The van der Waals surface area contributed by atoms with Crippen molar-refractivity contribution < 1.29 is 18.9 Å². The van der Waals surface area contributed by atoms with Gasteiger partial charge in [0.1, 0.15) is 0 Å². The fraction of sp³-hybridized carbons (Fsp3) is 0.600. The van der Waals surface area contributed by atoms with E-state index in [4.69, 9.17) is 0 Å². The minimum Gasteiger partial charge on any atom is -0.490 e. The lowest BCUT2D eigenvalue weighted by molar-refractivity contribution is -0.150. The Bertz CT molecular complexity index is 160. The molecule has 4 nitrogen and oxygen atoms in total. The number of rotatable bonds is 1. The Hall–Kier alpha value is -0.995. The Balaban J connectivity index is 2.57. The molecule has 5 heteroatoms. The maximum Gasteiger partial charge on any atom is 0.602 e. The zero-order valence-electron chi connectivity index (χ0n) is 5.79. The molecule has 0 aromatic heterocycles. The van der Waals surface area contributed by atoms with E-state index in [2.05, 4.69) is 9.31 Å². The molecule has 0 aliphatic carbocycles. The van der Waals surface area contributed by atoms with Gasteiger partial charge < -0.3 is 9.31 Å². The van der Waals surface area contributed by atoms with Crippen LogP contribution in [0.3, 0.4) is 0 Å². The van der Waals surface area contributed by atoms with Crippen LogP contribution in [0.15, 0.2) is 0 Å². The van der Waals surface area contributed by atoms with Crippen molar-refractivity contribution in [2.45, 2.75) is 19.7 Å². The summed E-state index contributed by atoms with van der Waals surface area (Å²) in [6.45, 7) is 3.60. The predicted molar refractivity (Wildman–Crippen MR) is 33.0 cm³/mol. The van der Waals surface area contributed by atoms with E-state index < -0.39 is 19.1 Å². The molecule has 0 spiro atoms. The van der Waals surface area contributed by atoms with Crippen molar-refractivity contribution in [2.75, 3.05) is 0 Å². The molecule has 0 N–H and O–H groups in total. The number of hydrogen-bond acceptors (Lipinski definition) is 4. The van der Waals surface area contributed by atoms with E-state index in [0.29, 0.717) is 0 Å². The third-order valence-corrected chi connectivity index (χ3v) is 1.16. The standard InChI is InChI=1S/C5H7BO4/c1-3(2)6-9-4(7)5(8)10-6/h3H,1-2H3. The number of carbonyl (C=O) groups excluding carboxylic acids is 2. The first-order valence-electron chi connectivity index (χ1n) is 3.03. The average Bonchev–Trinajstić information content (AvgIpc) is 2.13. The van der Waals surface area contributed by atoms with Crippen LogP contribution in [-0.4, -0.2) is 19.1 Å². The van der Waals surface area contributed by atoms with E-state index in [-0.39, 0.29) is 5.82 Å². The van der Waals surface area contributed by atoms with Crippen LogP contribution >= 0.6 is 0 Å². The van der Waals surface area contributed by atoms with Crippen molar-refractivity contribution in [2.24, 2.45) is 0 Å². The molecular weight excluding hydrogens is 135 g/mol. The maximum atomic E-state index is 10.4. The lowest BCUT2D eigenvalue weighted by Crippen LogP contribution is -2.18. The molecule has 1 fully saturated rings. The van der Waals surface area contributed by atoms with Crippen LogP contribution in [0.25, 0.3) is 0 Å². The lowest BCUT2D eigenvalue weighted by atomic mass is 9.75. The Morgan fingerprint density at radius 3 is 1.80 bits per heavy atom. The molecule has 0 unspecified atom stereocenters. The first-order chi connectivity index (χ1) is 4.61. The highest BCUT2D eigenvalue weighted by Crippen LogP contribution is 2.15. The minimum absolute atomic E-state index is 0.0235. The Kier molecular flexibility index (Phi) is 1.65. The first kappa shape index (κ1) is 7.12. The highest BCUT2D eigenvalue weighted by Gasteiger charge is 2.42. The van der Waals surface area contributed by atoms with Crippen molar-refractivity contribution in [3.05, 3.63) is 0 Å². The Morgan fingerprint density at radius 1 is 1.20 bits per heavy atom. The third-order valence-electron chi connectivity index (χ3n) is 1.16. The normalized spacial score (nSPS) is 17.7. The average molecular weight is 142 g/mol. The summed E-state index contributed by atoms with van der Waals surface area (Å²) in [6.07, 6.45) is 0. The molecule has 1 aliphatic rings. The SMILES string of the molecule is CC(C)B1OC(=O)C(=O)O1. The van der Waals surface area contributed by atoms with Gasteiger partial charge in [0.25, 0.3) is 0 Å². The van der Waals surface area contributed by atoms with Gasteiger partial charge in [-0.2, -0.15) is 0 Å². The van der Waals surface area contributed by atoms with Gasteiger partial charge >= 0.3 is 19.1 Å². The highest BCUT2D eigenvalue weighted by molar-refractivity contribution is 6.61. The quantitative estimate of drug-likeness (QED) is 0.381. The van der Waals surface area contributed by atoms with Gasteiger partial charge in [0.15, 0.2) is 0 Å². The molecule has 0 atom stereocenters. The summed E-state index contributed by atoms with van der Waals surface area (Å²) in [7, 11) is -0.681. The van der Waals surface area contributed by atoms with Crippen LogP contribution in [0.1, 0.15) is 13.8 Å². The van der Waals surface area contributed by atoms with Crippen molar-refractivity contribution in [1.29, 1.82) is 0 Å². The smallest absolute Gasteiger partial charge is 0.490 e. The molecule has 1 saturated heterocycles. The third kappa shape index (κ3) is 1.12. The van der Waals surface area contributed by atoms with E-state index in [9.17, 15) is 9.59 Å². The minimum atomic E-state index is -0.890. The van der Waals surface area contributed by atoms with E-state index in [0.717, 1.165) is 0 Å². The predicted octanol–water partition coefficient (Wildman–Crippen LogP) is -0.0154. The topological polar surface area (TPSA) is 52.6 Å². The van der Waals surface area contributed by atoms with Gasteiger partial charge in [-0.3, -0.25) is 0 Å². The molecule has 54 valence electrons. The van der Waals surface area contributed by atoms with Crippen LogP contribution in [0.5, 0.6) is 0 Å². The second-order valence-corrected chi connectivity index (χ2v) is 2.42. The molecule has 1 heterocycles. The molecule has 0 aromatic carbocycles. The molecule has 0 radical (unpaired) electrons. The molecular formula is C5H7BO4. The molecule has 10 heavy (non-hydrogen) atoms. The second kappa shape index (κ2) is 2.32. The van der Waals surface area contributed by atoms with Gasteiger partial charge in [-0.1, -0.05) is 13.8 Å². The van der Waals surface area contributed by atoms with Crippen LogP contribution in [0.4, 0.5) is 0 Å². The van der Waals surface area contributed by atoms with Crippen molar-refractivity contribution in [3.63, 3.8) is 0 Å². The molecule has 0 amide bonds. The van der Waals surface area contributed by atoms with Gasteiger partial charge in [-0.05, 0) is 0 Å². The molecule has 0 saturated carbocycles. The van der Waals surface area contributed by atoms with Crippen molar-refractivity contribution in [1.82, 2.24) is 0 Å². The molecule has 0 aromatic rings. The van der Waals surface area contributed by atoms with E-state index >= 15 is 0 Å². The van der Waals surface area contributed by atoms with Gasteiger partial charge in [0, 0.05) is 5.82 Å². The lowest BCUT2D eigenvalue weighted by Gasteiger charge is -2.02. The molecule has 1 aliphatic heterocycles. The summed E-state index contributed by atoms with van der Waals surface area (Å²) in [5.74, 6) is -1.76. The Labute approximate surface area is 58.6 Å². The maximum absolute atomic E-state index is 10.4. The fourth-order valence-electron chi connectivity index (χ4n) is 0.603. The largest absolute Gasteiger partial charge is 0.602 e. The van der Waals surface area contributed by atoms with Crippen LogP contribution in [0, 0.1) is 0 Å². The van der Waals surface area contributed by atoms with Crippen molar-refractivity contribution >= 4 is 19.1 Å². The first-order valence-corrected chi connectivity index (χ1v) is 3.03. The summed E-state index contributed by atoms with van der Waals surface area (Å²) in [4.78, 5) is 20.8.